The molecule has 0 aliphatic heterocycles. The van der Waals surface area contributed by atoms with Gasteiger partial charge in [0, 0.05) is 23.7 Å². The maximum Gasteiger partial charge on any atom is 0.390 e. The number of guanidine groups is 1. The second-order valence-electron chi connectivity index (χ2n) is 4.44. The summed E-state index contributed by atoms with van der Waals surface area (Å²) in [4.78, 5) is 4.25. The second kappa shape index (κ2) is 8.73. The van der Waals surface area contributed by atoms with Crippen LogP contribution in [-0.4, -0.2) is 32.3 Å². The van der Waals surface area contributed by atoms with Crippen LogP contribution >= 0.6 is 11.6 Å². The van der Waals surface area contributed by atoms with Crippen LogP contribution in [0.25, 0.3) is 0 Å². The third kappa shape index (κ3) is 6.89. The number of rotatable bonds is 6. The molecule has 0 aliphatic rings. The van der Waals surface area contributed by atoms with E-state index < -0.39 is 12.6 Å². The van der Waals surface area contributed by atoms with Crippen molar-refractivity contribution in [1.29, 1.82) is 0 Å². The Balaban J connectivity index is 2.69. The van der Waals surface area contributed by atoms with Gasteiger partial charge in [-0.15, -0.1) is 0 Å². The van der Waals surface area contributed by atoms with E-state index >= 15 is 0 Å². The third-order valence-electron chi connectivity index (χ3n) is 2.70. The van der Waals surface area contributed by atoms with E-state index in [1.807, 2.05) is 6.92 Å². The van der Waals surface area contributed by atoms with E-state index in [2.05, 4.69) is 15.6 Å². The minimum Gasteiger partial charge on any atom is -0.496 e. The fourth-order valence-electron chi connectivity index (χ4n) is 1.68. The van der Waals surface area contributed by atoms with Gasteiger partial charge in [-0.2, -0.15) is 13.2 Å². The first-order chi connectivity index (χ1) is 10.4. The van der Waals surface area contributed by atoms with Gasteiger partial charge in [0.15, 0.2) is 5.96 Å². The van der Waals surface area contributed by atoms with Crippen molar-refractivity contribution >= 4 is 17.6 Å². The molecule has 0 amide bonds. The predicted octanol–water partition coefficient (Wildman–Crippen LogP) is 3.36. The second-order valence-corrected chi connectivity index (χ2v) is 4.88. The van der Waals surface area contributed by atoms with Crippen LogP contribution in [-0.2, 0) is 6.54 Å². The number of aliphatic imine (C=N–C) groups is 1. The van der Waals surface area contributed by atoms with E-state index in [0.29, 0.717) is 23.3 Å². The fourth-order valence-corrected chi connectivity index (χ4v) is 1.84. The molecule has 0 unspecified atom stereocenters. The van der Waals surface area contributed by atoms with Gasteiger partial charge in [0.05, 0.1) is 20.1 Å². The minimum absolute atomic E-state index is 0.229. The van der Waals surface area contributed by atoms with Gasteiger partial charge < -0.3 is 15.4 Å². The Labute approximate surface area is 132 Å². The smallest absolute Gasteiger partial charge is 0.390 e. The summed E-state index contributed by atoms with van der Waals surface area (Å²) in [5, 5.41) is 6.08. The van der Waals surface area contributed by atoms with Crippen LogP contribution in [0.2, 0.25) is 5.02 Å². The summed E-state index contributed by atoms with van der Waals surface area (Å²) in [5.74, 6) is 0.908. The molecule has 8 heteroatoms. The Morgan fingerprint density at radius 1 is 1.32 bits per heavy atom. The van der Waals surface area contributed by atoms with Gasteiger partial charge in [-0.3, -0.25) is 0 Å². The minimum atomic E-state index is -4.19. The van der Waals surface area contributed by atoms with Crippen LogP contribution in [0.1, 0.15) is 18.9 Å². The van der Waals surface area contributed by atoms with Crippen LogP contribution < -0.4 is 15.4 Å². The lowest BCUT2D eigenvalue weighted by atomic mass is 10.2. The maximum absolute atomic E-state index is 12.1. The van der Waals surface area contributed by atoms with Crippen molar-refractivity contribution in [2.45, 2.75) is 26.1 Å². The molecule has 0 aliphatic carbocycles. The van der Waals surface area contributed by atoms with Gasteiger partial charge >= 0.3 is 6.18 Å². The molecule has 124 valence electrons. The molecule has 22 heavy (non-hydrogen) atoms. The molecule has 0 fully saturated rings. The summed E-state index contributed by atoms with van der Waals surface area (Å²) < 4.78 is 41.7. The first kappa shape index (κ1) is 18.4. The molecule has 0 aromatic heterocycles. The summed E-state index contributed by atoms with van der Waals surface area (Å²) in [6.07, 6.45) is -5.11. The molecule has 0 radical (unpaired) electrons. The van der Waals surface area contributed by atoms with E-state index in [1.165, 1.54) is 7.11 Å². The van der Waals surface area contributed by atoms with Crippen LogP contribution in [0.3, 0.4) is 0 Å². The number of benzene rings is 1. The van der Waals surface area contributed by atoms with Crippen molar-refractivity contribution in [3.05, 3.63) is 28.8 Å². The first-order valence-electron chi connectivity index (χ1n) is 6.77. The standard InChI is InChI=1S/C14H19ClF3N3O/c1-3-19-13(20-7-6-14(16,17)18)21-9-10-4-5-11(15)8-12(10)22-2/h4-5,8H,3,6-7,9H2,1-2H3,(H2,19,20,21). The Morgan fingerprint density at radius 2 is 2.05 bits per heavy atom. The zero-order chi connectivity index (χ0) is 16.6. The van der Waals surface area contributed by atoms with E-state index in [0.717, 1.165) is 5.56 Å². The third-order valence-corrected chi connectivity index (χ3v) is 2.94. The Morgan fingerprint density at radius 3 is 2.64 bits per heavy atom. The zero-order valence-corrected chi connectivity index (χ0v) is 13.2. The number of nitrogens with zero attached hydrogens (tertiary/aromatic N) is 1. The average Bonchev–Trinajstić information content (AvgIpc) is 2.44. The molecule has 1 aromatic rings. The summed E-state index contributed by atoms with van der Waals surface area (Å²) in [5.41, 5.74) is 0.792. The van der Waals surface area contributed by atoms with Crippen molar-refractivity contribution in [2.75, 3.05) is 20.2 Å². The largest absolute Gasteiger partial charge is 0.496 e. The zero-order valence-electron chi connectivity index (χ0n) is 12.4. The van der Waals surface area contributed by atoms with Gasteiger partial charge in [0.25, 0.3) is 0 Å². The highest BCUT2D eigenvalue weighted by Crippen LogP contribution is 2.23. The number of hydrogen-bond donors (Lipinski definition) is 2. The number of methoxy groups -OCH3 is 1. The number of halogens is 4. The molecule has 0 saturated heterocycles. The highest BCUT2D eigenvalue weighted by Gasteiger charge is 2.26. The highest BCUT2D eigenvalue weighted by molar-refractivity contribution is 6.30. The van der Waals surface area contributed by atoms with Gasteiger partial charge in [0.2, 0.25) is 0 Å². The van der Waals surface area contributed by atoms with Crippen molar-refractivity contribution in [3.8, 4) is 5.75 Å². The SMILES string of the molecule is CCNC(=NCc1ccc(Cl)cc1OC)NCCC(F)(F)F. The van der Waals surface area contributed by atoms with Crippen molar-refractivity contribution in [1.82, 2.24) is 10.6 Å². The Hall–Kier alpha value is -1.63. The summed E-state index contributed by atoms with van der Waals surface area (Å²) >= 11 is 5.87. The monoisotopic (exact) mass is 337 g/mol. The highest BCUT2D eigenvalue weighted by atomic mass is 35.5. The number of nitrogens with one attached hydrogen (secondary N) is 2. The van der Waals surface area contributed by atoms with E-state index in [1.54, 1.807) is 18.2 Å². The van der Waals surface area contributed by atoms with Crippen LogP contribution in [0.15, 0.2) is 23.2 Å². The summed E-state index contributed by atoms with van der Waals surface area (Å²) in [7, 11) is 1.52. The molecule has 1 rings (SSSR count). The molecule has 0 bridgehead atoms. The van der Waals surface area contributed by atoms with Crippen molar-refractivity contribution in [3.63, 3.8) is 0 Å². The quantitative estimate of drug-likeness (QED) is 0.618. The lowest BCUT2D eigenvalue weighted by molar-refractivity contribution is -0.132. The molecule has 2 N–H and O–H groups in total. The lowest BCUT2D eigenvalue weighted by Gasteiger charge is -2.13. The van der Waals surface area contributed by atoms with Gasteiger partial charge in [0.1, 0.15) is 5.75 Å². The molecule has 0 saturated carbocycles. The average molecular weight is 338 g/mol. The van der Waals surface area contributed by atoms with Crippen molar-refractivity contribution in [2.24, 2.45) is 4.99 Å². The van der Waals surface area contributed by atoms with Crippen LogP contribution in [0.5, 0.6) is 5.75 Å². The molecular weight excluding hydrogens is 319 g/mol. The van der Waals surface area contributed by atoms with Gasteiger partial charge in [-0.25, -0.2) is 4.99 Å². The van der Waals surface area contributed by atoms with Crippen LogP contribution in [0.4, 0.5) is 13.2 Å². The maximum atomic E-state index is 12.1. The Bertz CT molecular complexity index is 507. The molecule has 0 spiro atoms. The normalized spacial score (nSPS) is 12.2. The number of alkyl halides is 3. The van der Waals surface area contributed by atoms with Crippen LogP contribution in [0, 0.1) is 0 Å². The van der Waals surface area contributed by atoms with E-state index in [4.69, 9.17) is 16.3 Å². The predicted molar refractivity (Wildman–Crippen MR) is 81.5 cm³/mol. The lowest BCUT2D eigenvalue weighted by Crippen LogP contribution is -2.38. The van der Waals surface area contributed by atoms with E-state index in [-0.39, 0.29) is 13.1 Å². The Kier molecular flexibility index (Phi) is 7.31. The number of hydrogen-bond acceptors (Lipinski definition) is 2. The molecule has 0 heterocycles. The summed E-state index contributed by atoms with van der Waals surface area (Å²) in [6.45, 7) is 2.42. The molecule has 1 aromatic carbocycles. The van der Waals surface area contributed by atoms with Gasteiger partial charge in [-0.1, -0.05) is 17.7 Å². The molecular formula is C14H19ClF3N3O. The number of ether oxygens (including phenoxy) is 1. The first-order valence-corrected chi connectivity index (χ1v) is 7.15. The molecule has 0 atom stereocenters. The topological polar surface area (TPSA) is 45.7 Å². The molecule has 4 nitrogen and oxygen atoms in total. The van der Waals surface area contributed by atoms with Crippen molar-refractivity contribution < 1.29 is 17.9 Å². The van der Waals surface area contributed by atoms with E-state index in [9.17, 15) is 13.2 Å². The fraction of sp³-hybridized carbons (Fsp3) is 0.500. The summed E-state index contributed by atoms with van der Waals surface area (Å²) in [6, 6.07) is 5.14. The van der Waals surface area contributed by atoms with Gasteiger partial charge in [-0.05, 0) is 19.1 Å².